The average molecular weight is 292 g/mol. The number of rotatable bonds is 1. The highest BCUT2D eigenvalue weighted by Gasteiger charge is 2.29. The third-order valence-corrected chi connectivity index (χ3v) is 4.46. The van der Waals surface area contributed by atoms with Crippen LogP contribution in [0, 0.1) is 17.2 Å². The lowest BCUT2D eigenvalue weighted by atomic mass is 9.77. The fourth-order valence-electron chi connectivity index (χ4n) is 3.04. The van der Waals surface area contributed by atoms with Crippen LogP contribution in [0.5, 0.6) is 0 Å². The molecule has 1 unspecified atom stereocenters. The van der Waals surface area contributed by atoms with E-state index in [2.05, 4.69) is 20.8 Å². The van der Waals surface area contributed by atoms with Crippen molar-refractivity contribution in [2.75, 3.05) is 18.8 Å². The van der Waals surface area contributed by atoms with Crippen molar-refractivity contribution in [3.05, 3.63) is 29.6 Å². The molecule has 0 aliphatic carbocycles. The molecule has 1 fully saturated rings. The summed E-state index contributed by atoms with van der Waals surface area (Å²) in [6.45, 7) is 8.11. The topological polar surface area (TPSA) is 46.3 Å². The maximum Gasteiger partial charge on any atom is 0.256 e. The molecule has 116 valence electrons. The average Bonchev–Trinajstić information content (AvgIpc) is 2.66. The Morgan fingerprint density at radius 2 is 2.00 bits per heavy atom. The smallest absolute Gasteiger partial charge is 0.256 e. The van der Waals surface area contributed by atoms with Crippen molar-refractivity contribution in [2.45, 2.75) is 40.0 Å². The van der Waals surface area contributed by atoms with E-state index in [-0.39, 0.29) is 16.9 Å². The summed E-state index contributed by atoms with van der Waals surface area (Å²) >= 11 is 0. The van der Waals surface area contributed by atoms with Crippen molar-refractivity contribution in [3.63, 3.8) is 0 Å². The minimum absolute atomic E-state index is 0.0872. The van der Waals surface area contributed by atoms with Gasteiger partial charge in [0.25, 0.3) is 5.91 Å². The van der Waals surface area contributed by atoms with Crippen molar-refractivity contribution in [3.8, 4) is 0 Å². The van der Waals surface area contributed by atoms with Crippen LogP contribution in [0.3, 0.4) is 0 Å². The Hall–Kier alpha value is -1.58. The van der Waals surface area contributed by atoms with Crippen molar-refractivity contribution >= 4 is 11.6 Å². The third kappa shape index (κ3) is 3.74. The van der Waals surface area contributed by atoms with E-state index >= 15 is 0 Å². The van der Waals surface area contributed by atoms with Crippen LogP contribution in [-0.2, 0) is 0 Å². The molecule has 0 saturated carbocycles. The standard InChI is InChI=1S/C17H25FN2O/c1-17(2,3)12-5-4-9-20(10-8-12)16(21)14-11-13(19)6-7-15(14)18/h6-7,11-12H,4-5,8-10,19H2,1-3H3. The largest absolute Gasteiger partial charge is 0.399 e. The Labute approximate surface area is 126 Å². The van der Waals surface area contributed by atoms with Crippen LogP contribution in [0.4, 0.5) is 10.1 Å². The molecule has 3 nitrogen and oxygen atoms in total. The predicted octanol–water partition coefficient (Wildman–Crippen LogP) is 3.70. The fraction of sp³-hybridized carbons (Fsp3) is 0.588. The summed E-state index contributed by atoms with van der Waals surface area (Å²) in [4.78, 5) is 14.3. The van der Waals surface area contributed by atoms with Gasteiger partial charge in [0, 0.05) is 18.8 Å². The number of nitrogens with two attached hydrogens (primary N) is 1. The second-order valence-electron chi connectivity index (χ2n) is 7.03. The number of hydrogen-bond donors (Lipinski definition) is 1. The minimum atomic E-state index is -0.495. The lowest BCUT2D eigenvalue weighted by Gasteiger charge is -2.29. The Bertz CT molecular complexity index is 522. The highest BCUT2D eigenvalue weighted by Crippen LogP contribution is 2.34. The van der Waals surface area contributed by atoms with E-state index in [1.807, 2.05) is 0 Å². The van der Waals surface area contributed by atoms with Crippen molar-refractivity contribution in [1.82, 2.24) is 4.90 Å². The Morgan fingerprint density at radius 3 is 2.67 bits per heavy atom. The highest BCUT2D eigenvalue weighted by atomic mass is 19.1. The van der Waals surface area contributed by atoms with Crippen molar-refractivity contribution in [1.29, 1.82) is 0 Å². The first kappa shape index (κ1) is 15.8. The number of nitrogens with zero attached hydrogens (tertiary/aromatic N) is 1. The molecule has 21 heavy (non-hydrogen) atoms. The number of carbonyl (C=O) groups excluding carboxylic acids is 1. The number of carbonyl (C=O) groups is 1. The molecular formula is C17H25FN2O. The zero-order chi connectivity index (χ0) is 15.6. The van der Waals surface area contributed by atoms with Crippen LogP contribution < -0.4 is 5.73 Å². The van der Waals surface area contributed by atoms with Crippen LogP contribution in [0.15, 0.2) is 18.2 Å². The lowest BCUT2D eigenvalue weighted by molar-refractivity contribution is 0.0751. The zero-order valence-electron chi connectivity index (χ0n) is 13.2. The molecule has 0 spiro atoms. The van der Waals surface area contributed by atoms with Crippen LogP contribution in [-0.4, -0.2) is 23.9 Å². The molecule has 1 saturated heterocycles. The van der Waals surface area contributed by atoms with Gasteiger partial charge in [0.15, 0.2) is 0 Å². The molecule has 2 N–H and O–H groups in total. The molecule has 0 aromatic heterocycles. The van der Waals surface area contributed by atoms with E-state index in [0.717, 1.165) is 19.3 Å². The second kappa shape index (κ2) is 6.04. The number of amides is 1. The third-order valence-electron chi connectivity index (χ3n) is 4.46. The first-order valence-electron chi connectivity index (χ1n) is 7.63. The summed E-state index contributed by atoms with van der Waals surface area (Å²) in [6.07, 6.45) is 3.06. The number of nitrogen functional groups attached to an aromatic ring is 1. The Balaban J connectivity index is 2.12. The highest BCUT2D eigenvalue weighted by molar-refractivity contribution is 5.95. The summed E-state index contributed by atoms with van der Waals surface area (Å²) < 4.78 is 13.8. The molecular weight excluding hydrogens is 267 g/mol. The number of halogens is 1. The number of benzene rings is 1. The lowest BCUT2D eigenvalue weighted by Crippen LogP contribution is -2.33. The van der Waals surface area contributed by atoms with Crippen molar-refractivity contribution in [2.24, 2.45) is 11.3 Å². The van der Waals surface area contributed by atoms with Gasteiger partial charge in [0.2, 0.25) is 0 Å². The van der Waals surface area contributed by atoms with E-state index in [1.54, 1.807) is 4.90 Å². The van der Waals surface area contributed by atoms with Gasteiger partial charge >= 0.3 is 0 Å². The summed E-state index contributed by atoms with van der Waals surface area (Å²) in [5.74, 6) is -0.138. The maximum atomic E-state index is 13.8. The number of likely N-dealkylation sites (tertiary alicyclic amines) is 1. The van der Waals surface area contributed by atoms with Gasteiger partial charge in [-0.2, -0.15) is 0 Å². The molecule has 1 aliphatic rings. The first-order valence-corrected chi connectivity index (χ1v) is 7.63. The van der Waals surface area contributed by atoms with Gasteiger partial charge in [-0.05, 0) is 48.8 Å². The minimum Gasteiger partial charge on any atom is -0.399 e. The molecule has 1 aliphatic heterocycles. The monoisotopic (exact) mass is 292 g/mol. The van der Waals surface area contributed by atoms with Gasteiger partial charge in [-0.15, -0.1) is 0 Å². The van der Waals surface area contributed by atoms with Gasteiger partial charge in [-0.3, -0.25) is 4.79 Å². The van der Waals surface area contributed by atoms with E-state index in [0.29, 0.717) is 24.7 Å². The van der Waals surface area contributed by atoms with Crippen LogP contribution in [0.25, 0.3) is 0 Å². The Kier molecular flexibility index (Phi) is 4.55. The summed E-state index contributed by atoms with van der Waals surface area (Å²) in [5.41, 5.74) is 6.42. The molecule has 1 aromatic rings. The van der Waals surface area contributed by atoms with E-state index in [4.69, 9.17) is 5.73 Å². The van der Waals surface area contributed by atoms with Crippen LogP contribution >= 0.6 is 0 Å². The molecule has 1 aromatic carbocycles. The summed E-state index contributed by atoms with van der Waals surface area (Å²) in [6, 6.07) is 4.17. The van der Waals surface area contributed by atoms with Gasteiger partial charge in [0.05, 0.1) is 5.56 Å². The van der Waals surface area contributed by atoms with Gasteiger partial charge in [0.1, 0.15) is 5.82 Å². The molecule has 0 radical (unpaired) electrons. The zero-order valence-corrected chi connectivity index (χ0v) is 13.2. The molecule has 4 heteroatoms. The summed E-state index contributed by atoms with van der Waals surface area (Å²) in [5, 5.41) is 0. The molecule has 1 heterocycles. The maximum absolute atomic E-state index is 13.8. The van der Waals surface area contributed by atoms with E-state index in [9.17, 15) is 9.18 Å². The summed E-state index contributed by atoms with van der Waals surface area (Å²) in [7, 11) is 0. The molecule has 1 atom stereocenters. The fourth-order valence-corrected chi connectivity index (χ4v) is 3.04. The number of anilines is 1. The second-order valence-corrected chi connectivity index (χ2v) is 7.03. The van der Waals surface area contributed by atoms with E-state index in [1.165, 1.54) is 18.2 Å². The van der Waals surface area contributed by atoms with Gasteiger partial charge in [-0.25, -0.2) is 4.39 Å². The van der Waals surface area contributed by atoms with Crippen LogP contribution in [0.2, 0.25) is 0 Å². The van der Waals surface area contributed by atoms with Crippen molar-refractivity contribution < 1.29 is 9.18 Å². The quantitative estimate of drug-likeness (QED) is 0.802. The van der Waals surface area contributed by atoms with Gasteiger partial charge < -0.3 is 10.6 Å². The number of hydrogen-bond acceptors (Lipinski definition) is 2. The SMILES string of the molecule is CC(C)(C)C1CCCN(C(=O)c2cc(N)ccc2F)CC1. The molecule has 2 rings (SSSR count). The normalized spacial score (nSPS) is 20.2. The van der Waals surface area contributed by atoms with Crippen LogP contribution in [0.1, 0.15) is 50.4 Å². The Morgan fingerprint density at radius 1 is 1.29 bits per heavy atom. The van der Waals surface area contributed by atoms with E-state index < -0.39 is 5.82 Å². The van der Waals surface area contributed by atoms with Gasteiger partial charge in [-0.1, -0.05) is 20.8 Å². The molecule has 1 amide bonds. The first-order chi connectivity index (χ1) is 9.79. The predicted molar refractivity (Wildman–Crippen MR) is 83.5 cm³/mol. The molecule has 0 bridgehead atoms.